The number of aromatic nitrogens is 1. The molecule has 3 aromatic rings. The van der Waals surface area contributed by atoms with Crippen molar-refractivity contribution in [3.63, 3.8) is 0 Å². The zero-order valence-corrected chi connectivity index (χ0v) is 15.6. The van der Waals surface area contributed by atoms with Gasteiger partial charge in [0.25, 0.3) is 0 Å². The molecule has 0 bridgehead atoms. The van der Waals surface area contributed by atoms with Gasteiger partial charge in [0, 0.05) is 41.1 Å². The molecule has 141 valence electrons. The Bertz CT molecular complexity index is 977. The fourth-order valence-electron chi connectivity index (χ4n) is 4.06. The molecule has 0 saturated carbocycles. The Balaban J connectivity index is 1.81. The van der Waals surface area contributed by atoms with Crippen molar-refractivity contribution < 1.29 is 13.2 Å². The first-order valence-electron chi connectivity index (χ1n) is 9.01. The summed E-state index contributed by atoms with van der Waals surface area (Å²) < 4.78 is 41.7. The summed E-state index contributed by atoms with van der Waals surface area (Å²) >= 11 is 6.30. The molecule has 2 heterocycles. The third kappa shape index (κ3) is 3.23. The van der Waals surface area contributed by atoms with Crippen LogP contribution < -0.4 is 5.32 Å². The lowest BCUT2D eigenvalue weighted by molar-refractivity contribution is -0.137. The summed E-state index contributed by atoms with van der Waals surface area (Å²) in [6.07, 6.45) is -1.48. The summed E-state index contributed by atoms with van der Waals surface area (Å²) in [5.74, 6) is 0.0173. The predicted octanol–water partition coefficient (Wildman–Crippen LogP) is 6.17. The van der Waals surface area contributed by atoms with E-state index in [1.54, 1.807) is 0 Å². The number of halogens is 4. The van der Waals surface area contributed by atoms with Gasteiger partial charge in [-0.25, -0.2) is 5.32 Å². The van der Waals surface area contributed by atoms with E-state index < -0.39 is 11.7 Å². The first-order chi connectivity index (χ1) is 12.9. The number of hydrogen-bond acceptors (Lipinski definition) is 0. The highest BCUT2D eigenvalue weighted by atomic mass is 35.5. The number of para-hydroxylation sites is 1. The van der Waals surface area contributed by atoms with Crippen molar-refractivity contribution in [3.8, 4) is 0 Å². The van der Waals surface area contributed by atoms with Crippen molar-refractivity contribution >= 4 is 22.5 Å². The molecule has 2 atom stereocenters. The van der Waals surface area contributed by atoms with E-state index in [0.717, 1.165) is 41.6 Å². The maximum atomic E-state index is 13.2. The molecule has 1 aliphatic heterocycles. The van der Waals surface area contributed by atoms with E-state index in [2.05, 4.69) is 35.1 Å². The third-order valence-corrected chi connectivity index (χ3v) is 5.69. The van der Waals surface area contributed by atoms with Crippen molar-refractivity contribution in [1.82, 2.24) is 9.88 Å². The molecule has 2 nitrogen and oxygen atoms in total. The average molecular weight is 392 g/mol. The topological polar surface area (TPSA) is 19.0 Å². The van der Waals surface area contributed by atoms with Gasteiger partial charge in [0.1, 0.15) is 0 Å². The number of fused-ring (bicyclic) bond motifs is 1. The summed E-state index contributed by atoms with van der Waals surface area (Å²) in [4.78, 5) is 0. The molecule has 0 spiro atoms. The van der Waals surface area contributed by atoms with E-state index in [9.17, 15) is 13.2 Å². The Hall–Kier alpha value is -1.98. The minimum Gasteiger partial charge on any atom is -0.347 e. The largest absolute Gasteiger partial charge is 0.416 e. The molecular formula is C21H19ClF3N2. The monoisotopic (exact) mass is 391 g/mol. The Morgan fingerprint density at radius 2 is 1.93 bits per heavy atom. The van der Waals surface area contributed by atoms with Crippen LogP contribution in [0.25, 0.3) is 10.9 Å². The number of nitrogens with zero attached hydrogens (tertiary/aromatic N) is 2. The van der Waals surface area contributed by atoms with E-state index in [4.69, 9.17) is 11.6 Å². The highest BCUT2D eigenvalue weighted by Crippen LogP contribution is 2.45. The van der Waals surface area contributed by atoms with Gasteiger partial charge in [-0.1, -0.05) is 29.8 Å². The molecule has 1 fully saturated rings. The molecule has 0 aliphatic carbocycles. The Morgan fingerprint density at radius 1 is 1.15 bits per heavy atom. The lowest BCUT2D eigenvalue weighted by Crippen LogP contribution is -2.14. The summed E-state index contributed by atoms with van der Waals surface area (Å²) in [7, 11) is 0. The van der Waals surface area contributed by atoms with E-state index in [-0.39, 0.29) is 12.0 Å². The van der Waals surface area contributed by atoms with E-state index in [1.807, 2.05) is 12.1 Å². The number of hydrogen-bond donors (Lipinski definition) is 0. The SMILES string of the molecule is CCn1cc(C2CC[N]C2c2cc(C(F)(F)F)ccc2Cl)c2ccccc21. The smallest absolute Gasteiger partial charge is 0.347 e. The van der Waals surface area contributed by atoms with Gasteiger partial charge in [-0.2, -0.15) is 13.2 Å². The van der Waals surface area contributed by atoms with Crippen LogP contribution in [0.4, 0.5) is 13.2 Å². The molecule has 2 aromatic carbocycles. The van der Waals surface area contributed by atoms with E-state index >= 15 is 0 Å². The highest BCUT2D eigenvalue weighted by Gasteiger charge is 2.36. The Labute approximate surface area is 160 Å². The summed E-state index contributed by atoms with van der Waals surface area (Å²) in [5, 5.41) is 6.10. The number of alkyl halides is 3. The second-order valence-corrected chi connectivity index (χ2v) is 7.28. The molecular weight excluding hydrogens is 373 g/mol. The molecule has 1 saturated heterocycles. The van der Waals surface area contributed by atoms with Gasteiger partial charge in [0.05, 0.1) is 11.6 Å². The van der Waals surface area contributed by atoms with Crippen molar-refractivity contribution in [1.29, 1.82) is 0 Å². The predicted molar refractivity (Wildman–Crippen MR) is 101 cm³/mol. The molecule has 1 aromatic heterocycles. The van der Waals surface area contributed by atoms with Gasteiger partial charge in [0.2, 0.25) is 0 Å². The van der Waals surface area contributed by atoms with Gasteiger partial charge >= 0.3 is 6.18 Å². The van der Waals surface area contributed by atoms with Crippen LogP contribution in [0, 0.1) is 0 Å². The van der Waals surface area contributed by atoms with E-state index in [0.29, 0.717) is 17.1 Å². The summed E-state index contributed by atoms with van der Waals surface area (Å²) in [6.45, 7) is 3.53. The summed E-state index contributed by atoms with van der Waals surface area (Å²) in [5.41, 5.74) is 2.05. The Morgan fingerprint density at radius 3 is 2.67 bits per heavy atom. The number of rotatable bonds is 3. The molecule has 1 radical (unpaired) electrons. The van der Waals surface area contributed by atoms with Crippen LogP contribution >= 0.6 is 11.6 Å². The van der Waals surface area contributed by atoms with Crippen LogP contribution in [0.1, 0.15) is 42.0 Å². The lowest BCUT2D eigenvalue weighted by atomic mass is 9.87. The van der Waals surface area contributed by atoms with Crippen LogP contribution in [-0.2, 0) is 12.7 Å². The molecule has 2 unspecified atom stereocenters. The van der Waals surface area contributed by atoms with Crippen LogP contribution in [0.5, 0.6) is 0 Å². The van der Waals surface area contributed by atoms with E-state index in [1.165, 1.54) is 6.07 Å². The van der Waals surface area contributed by atoms with Gasteiger partial charge in [-0.05, 0) is 48.7 Å². The molecule has 4 rings (SSSR count). The lowest BCUT2D eigenvalue weighted by Gasteiger charge is -2.21. The van der Waals surface area contributed by atoms with Gasteiger partial charge < -0.3 is 4.57 Å². The van der Waals surface area contributed by atoms with Crippen LogP contribution in [0.2, 0.25) is 5.02 Å². The molecule has 27 heavy (non-hydrogen) atoms. The quantitative estimate of drug-likeness (QED) is 0.508. The fraction of sp³-hybridized carbons (Fsp3) is 0.333. The maximum absolute atomic E-state index is 13.2. The Kier molecular flexibility index (Phi) is 4.68. The van der Waals surface area contributed by atoms with Crippen LogP contribution in [0.15, 0.2) is 48.7 Å². The first-order valence-corrected chi connectivity index (χ1v) is 9.39. The molecule has 0 amide bonds. The minimum atomic E-state index is -4.40. The van der Waals surface area contributed by atoms with Crippen molar-refractivity contribution in [2.45, 2.75) is 38.0 Å². The van der Waals surface area contributed by atoms with Gasteiger partial charge in [-0.3, -0.25) is 0 Å². The number of benzene rings is 2. The first kappa shape index (κ1) is 18.4. The second kappa shape index (κ2) is 6.88. The van der Waals surface area contributed by atoms with Crippen molar-refractivity contribution in [3.05, 3.63) is 70.4 Å². The number of aryl methyl sites for hydroxylation is 1. The molecule has 1 aliphatic rings. The zero-order valence-electron chi connectivity index (χ0n) is 14.8. The second-order valence-electron chi connectivity index (χ2n) is 6.87. The van der Waals surface area contributed by atoms with Crippen LogP contribution in [-0.4, -0.2) is 11.1 Å². The average Bonchev–Trinajstić information content (AvgIpc) is 3.25. The third-order valence-electron chi connectivity index (χ3n) is 5.35. The van der Waals surface area contributed by atoms with Crippen LogP contribution in [0.3, 0.4) is 0 Å². The fourth-order valence-corrected chi connectivity index (χ4v) is 4.29. The normalized spacial score (nSPS) is 20.5. The zero-order chi connectivity index (χ0) is 19.2. The molecule has 6 heteroatoms. The van der Waals surface area contributed by atoms with Gasteiger partial charge in [-0.15, -0.1) is 0 Å². The van der Waals surface area contributed by atoms with Crippen molar-refractivity contribution in [2.75, 3.05) is 6.54 Å². The van der Waals surface area contributed by atoms with Crippen molar-refractivity contribution in [2.24, 2.45) is 0 Å². The molecule has 0 N–H and O–H groups in total. The minimum absolute atomic E-state index is 0.0173. The van der Waals surface area contributed by atoms with Gasteiger partial charge in [0.15, 0.2) is 0 Å². The highest BCUT2D eigenvalue weighted by molar-refractivity contribution is 6.31. The maximum Gasteiger partial charge on any atom is 0.416 e. The summed E-state index contributed by atoms with van der Waals surface area (Å²) in [6, 6.07) is 11.3. The standard InChI is InChI=1S/C21H19ClF3N2/c1-2-27-12-17(14-5-3-4-6-19(14)27)15-9-10-26-20(15)16-11-13(21(23,24)25)7-8-18(16)22/h3-8,11-12,15,20H,2,9-10H2,1H3.